The van der Waals surface area contributed by atoms with E-state index in [2.05, 4.69) is 0 Å². The summed E-state index contributed by atoms with van der Waals surface area (Å²) in [7, 11) is -3.58. The zero-order valence-corrected chi connectivity index (χ0v) is 18.7. The van der Waals surface area contributed by atoms with Gasteiger partial charge < -0.3 is 20.1 Å². The molecule has 1 saturated heterocycles. The van der Waals surface area contributed by atoms with Crippen LogP contribution in [-0.2, 0) is 24.1 Å². The third-order valence-corrected chi connectivity index (χ3v) is 7.57. The van der Waals surface area contributed by atoms with Crippen molar-refractivity contribution in [2.24, 2.45) is 5.92 Å². The highest BCUT2D eigenvalue weighted by molar-refractivity contribution is 7.92. The SMILES string of the molecule is CCOC(=O)[C@@H]1CCN(C(=O)OC(C)(C)C)C1c1cc(N)ccc1S(=O)(=O)C1CC1. The predicted molar refractivity (Wildman–Crippen MR) is 111 cm³/mol. The number of nitrogens with two attached hydrogens (primary N) is 1. The van der Waals surface area contributed by atoms with Gasteiger partial charge in [-0.3, -0.25) is 4.79 Å². The van der Waals surface area contributed by atoms with Crippen molar-refractivity contribution in [3.05, 3.63) is 23.8 Å². The molecule has 1 aliphatic heterocycles. The minimum atomic E-state index is -3.58. The fourth-order valence-corrected chi connectivity index (χ4v) is 5.70. The summed E-state index contributed by atoms with van der Waals surface area (Å²) < 4.78 is 37.0. The lowest BCUT2D eigenvalue weighted by Gasteiger charge is -2.31. The van der Waals surface area contributed by atoms with Crippen LogP contribution in [0.15, 0.2) is 23.1 Å². The van der Waals surface area contributed by atoms with Crippen LogP contribution in [0.2, 0.25) is 0 Å². The van der Waals surface area contributed by atoms with Crippen LogP contribution in [0, 0.1) is 5.92 Å². The number of hydrogen-bond donors (Lipinski definition) is 1. The van der Waals surface area contributed by atoms with Gasteiger partial charge in [0.25, 0.3) is 0 Å². The minimum Gasteiger partial charge on any atom is -0.466 e. The molecule has 0 aromatic heterocycles. The molecule has 1 aliphatic carbocycles. The third-order valence-electron chi connectivity index (χ3n) is 5.24. The number of rotatable bonds is 5. The quantitative estimate of drug-likeness (QED) is 0.555. The van der Waals surface area contributed by atoms with E-state index in [1.807, 2.05) is 0 Å². The van der Waals surface area contributed by atoms with Crippen molar-refractivity contribution in [3.8, 4) is 0 Å². The monoisotopic (exact) mass is 438 g/mol. The molecular formula is C21H30N2O6S. The van der Waals surface area contributed by atoms with Gasteiger partial charge in [0, 0.05) is 12.2 Å². The molecule has 0 spiro atoms. The summed E-state index contributed by atoms with van der Waals surface area (Å²) in [6, 6.07) is 3.73. The Hall–Kier alpha value is -2.29. The number of amides is 1. The van der Waals surface area contributed by atoms with Crippen LogP contribution >= 0.6 is 0 Å². The first-order valence-corrected chi connectivity index (χ1v) is 11.8. The summed E-state index contributed by atoms with van der Waals surface area (Å²) >= 11 is 0. The Labute approximate surface area is 177 Å². The second kappa shape index (κ2) is 8.09. The van der Waals surface area contributed by atoms with Crippen molar-refractivity contribution in [1.29, 1.82) is 0 Å². The van der Waals surface area contributed by atoms with E-state index in [0.29, 0.717) is 30.5 Å². The van der Waals surface area contributed by atoms with Gasteiger partial charge in [-0.2, -0.15) is 0 Å². The zero-order valence-electron chi connectivity index (χ0n) is 17.9. The van der Waals surface area contributed by atoms with Crippen molar-refractivity contribution >= 4 is 27.6 Å². The summed E-state index contributed by atoms with van der Waals surface area (Å²) in [5.41, 5.74) is 5.96. The highest BCUT2D eigenvalue weighted by Gasteiger charge is 2.47. The number of sulfone groups is 1. The Kier molecular flexibility index (Phi) is 6.04. The van der Waals surface area contributed by atoms with Crippen LogP contribution in [0.3, 0.4) is 0 Å². The number of anilines is 1. The molecule has 1 aromatic rings. The Morgan fingerprint density at radius 2 is 1.87 bits per heavy atom. The van der Waals surface area contributed by atoms with Crippen molar-refractivity contribution in [2.75, 3.05) is 18.9 Å². The largest absolute Gasteiger partial charge is 0.466 e. The summed E-state index contributed by atoms with van der Waals surface area (Å²) in [5.74, 6) is -1.17. The number of hydrogen-bond acceptors (Lipinski definition) is 7. The predicted octanol–water partition coefficient (Wildman–Crippen LogP) is 3.07. The average molecular weight is 439 g/mol. The summed E-state index contributed by atoms with van der Waals surface area (Å²) in [6.45, 7) is 7.41. The molecule has 166 valence electrons. The van der Waals surface area contributed by atoms with E-state index in [9.17, 15) is 18.0 Å². The fraction of sp³-hybridized carbons (Fsp3) is 0.619. The Bertz CT molecular complexity index is 933. The summed E-state index contributed by atoms with van der Waals surface area (Å²) in [5, 5.41) is -0.433. The van der Waals surface area contributed by atoms with Gasteiger partial charge in [0.05, 0.1) is 28.7 Å². The molecule has 2 atom stereocenters. The van der Waals surface area contributed by atoms with Crippen molar-refractivity contribution in [2.45, 2.75) is 68.7 Å². The Morgan fingerprint density at radius 3 is 2.43 bits per heavy atom. The maximum atomic E-state index is 13.1. The molecule has 2 fully saturated rings. The van der Waals surface area contributed by atoms with Crippen molar-refractivity contribution < 1.29 is 27.5 Å². The van der Waals surface area contributed by atoms with Crippen LogP contribution in [0.25, 0.3) is 0 Å². The maximum absolute atomic E-state index is 13.1. The molecule has 0 bridgehead atoms. The van der Waals surface area contributed by atoms with Crippen molar-refractivity contribution in [3.63, 3.8) is 0 Å². The molecule has 9 heteroatoms. The number of ether oxygens (including phenoxy) is 2. The van der Waals surface area contributed by atoms with E-state index >= 15 is 0 Å². The van der Waals surface area contributed by atoms with Crippen molar-refractivity contribution in [1.82, 2.24) is 4.90 Å². The van der Waals surface area contributed by atoms with Gasteiger partial charge in [0.2, 0.25) is 0 Å². The van der Waals surface area contributed by atoms with Gasteiger partial charge in [-0.05, 0) is 70.7 Å². The lowest BCUT2D eigenvalue weighted by molar-refractivity contribution is -0.148. The Balaban J connectivity index is 2.10. The first kappa shape index (κ1) is 22.4. The Morgan fingerprint density at radius 1 is 1.20 bits per heavy atom. The molecule has 1 unspecified atom stereocenters. The van der Waals surface area contributed by atoms with Crippen LogP contribution in [-0.4, -0.2) is 49.4 Å². The van der Waals surface area contributed by atoms with Crippen LogP contribution < -0.4 is 5.73 Å². The molecule has 8 nitrogen and oxygen atoms in total. The first-order valence-electron chi connectivity index (χ1n) is 10.2. The number of esters is 1. The highest BCUT2D eigenvalue weighted by Crippen LogP contribution is 2.44. The number of benzene rings is 1. The molecule has 0 radical (unpaired) electrons. The minimum absolute atomic E-state index is 0.119. The highest BCUT2D eigenvalue weighted by atomic mass is 32.2. The summed E-state index contributed by atoms with van der Waals surface area (Å²) in [6.07, 6.45) is 0.957. The summed E-state index contributed by atoms with van der Waals surface area (Å²) in [4.78, 5) is 27.2. The molecule has 1 aromatic carbocycles. The van der Waals surface area contributed by atoms with Crippen LogP contribution in [0.4, 0.5) is 10.5 Å². The van der Waals surface area contributed by atoms with E-state index < -0.39 is 44.7 Å². The van der Waals surface area contributed by atoms with E-state index in [1.54, 1.807) is 33.8 Å². The molecular weight excluding hydrogens is 408 g/mol. The van der Waals surface area contributed by atoms with Gasteiger partial charge in [-0.15, -0.1) is 0 Å². The van der Waals surface area contributed by atoms with E-state index in [4.69, 9.17) is 15.2 Å². The fourth-order valence-electron chi connectivity index (χ4n) is 3.81. The number of likely N-dealkylation sites (tertiary alicyclic amines) is 1. The van der Waals surface area contributed by atoms with Gasteiger partial charge in [-0.1, -0.05) is 0 Å². The normalized spacial score (nSPS) is 22.1. The maximum Gasteiger partial charge on any atom is 0.410 e. The topological polar surface area (TPSA) is 116 Å². The van der Waals surface area contributed by atoms with E-state index in [-0.39, 0.29) is 18.0 Å². The smallest absolute Gasteiger partial charge is 0.410 e. The average Bonchev–Trinajstić information content (AvgIpc) is 3.39. The second-order valence-corrected chi connectivity index (χ2v) is 11.0. The van der Waals surface area contributed by atoms with Gasteiger partial charge >= 0.3 is 12.1 Å². The number of nitrogen functional groups attached to an aromatic ring is 1. The third kappa shape index (κ3) is 4.55. The molecule has 2 N–H and O–H groups in total. The standard InChI is InChI=1S/C21H30N2O6S/c1-5-28-19(24)15-10-11-23(20(25)29-21(2,3)4)18(15)16-12-13(22)6-9-17(16)30(26,27)14-7-8-14/h6,9,12,14-15,18H,5,7-8,10-11,22H2,1-4H3/t15-,18?/m1/s1. The first-order chi connectivity index (χ1) is 14.0. The van der Waals surface area contributed by atoms with E-state index in [1.165, 1.54) is 17.0 Å². The molecule has 30 heavy (non-hydrogen) atoms. The lowest BCUT2D eigenvalue weighted by atomic mass is 9.93. The van der Waals surface area contributed by atoms with Crippen LogP contribution in [0.1, 0.15) is 58.6 Å². The van der Waals surface area contributed by atoms with Gasteiger partial charge in [0.1, 0.15) is 5.60 Å². The number of carbonyl (C=O) groups excluding carboxylic acids is 2. The molecule has 1 saturated carbocycles. The number of carbonyl (C=O) groups is 2. The molecule has 1 amide bonds. The molecule has 3 rings (SSSR count). The van der Waals surface area contributed by atoms with E-state index in [0.717, 1.165) is 0 Å². The number of nitrogens with zero attached hydrogens (tertiary/aromatic N) is 1. The second-order valence-electron chi connectivity index (χ2n) is 8.81. The zero-order chi connectivity index (χ0) is 22.3. The van der Waals surface area contributed by atoms with Gasteiger partial charge in [0.15, 0.2) is 9.84 Å². The van der Waals surface area contributed by atoms with Crippen LogP contribution in [0.5, 0.6) is 0 Å². The molecule has 2 aliphatic rings. The lowest BCUT2D eigenvalue weighted by Crippen LogP contribution is -2.39. The molecule has 1 heterocycles. The van der Waals surface area contributed by atoms with Gasteiger partial charge in [-0.25, -0.2) is 13.2 Å².